The van der Waals surface area contributed by atoms with Crippen LogP contribution in [0.5, 0.6) is 0 Å². The maximum Gasteiger partial charge on any atom is 1.00 e. The molecular formula is C34H45ClF2K2N4O15S2. The molecule has 0 saturated carbocycles. The number of carbonyl (C=O) groups is 5. The molecule has 2 aromatic rings. The van der Waals surface area contributed by atoms with Gasteiger partial charge in [0.25, 0.3) is 18.3 Å². The number of nitriles is 1. The minimum Gasteiger partial charge on any atom is -1.00 e. The summed E-state index contributed by atoms with van der Waals surface area (Å²) in [5.41, 5.74) is -0.339. The topological polar surface area (TPSA) is 256 Å². The van der Waals surface area contributed by atoms with Gasteiger partial charge in [-0.2, -0.15) is 13.7 Å². The standard InChI is InChI=1S/C15H19FN2O6S.C11H12FNO3S.C5H9ClO3.C2H3N.CH2O3.2K.H/c1-5-23-15(20)24-10(4)18-13-7-6-11(16)8-12(13)14(19)17(9(2)3)25(18,21)22;1-7(2)13-11(14)10-5-9(12)4-3-8(10)6-17(13,15)16;1-3-8-5(7)9-4(2)6;1-2-3;2-1-4-3;;;/h6-10H,5H2,1-4H3;3-5,7H,6H2,1-2H3;4H,3H2,1-2H3;1H3;1,3H;;;/q;;;;;2*+1;-1/p-1. The summed E-state index contributed by atoms with van der Waals surface area (Å²) >= 11 is 5.29. The Morgan fingerprint density at radius 1 is 0.850 bits per heavy atom. The molecular weight excluding hydrogens is 920 g/mol. The summed E-state index contributed by atoms with van der Waals surface area (Å²) in [6, 6.07) is 7.28. The molecule has 2 unspecified atom stereocenters. The number of ether oxygens (including phenoxy) is 4. The Morgan fingerprint density at radius 3 is 1.68 bits per heavy atom. The van der Waals surface area contributed by atoms with Crippen molar-refractivity contribution in [2.75, 3.05) is 17.5 Å². The minimum absolute atomic E-state index is 0. The number of sulfonamides is 1. The van der Waals surface area contributed by atoms with E-state index < -0.39 is 79.9 Å². The van der Waals surface area contributed by atoms with E-state index in [9.17, 15) is 44.8 Å². The van der Waals surface area contributed by atoms with E-state index >= 15 is 0 Å². The first kappa shape index (κ1) is 62.3. The fourth-order valence-corrected chi connectivity index (χ4v) is 8.47. The van der Waals surface area contributed by atoms with Gasteiger partial charge in [-0.1, -0.05) is 17.7 Å². The van der Waals surface area contributed by atoms with Crippen molar-refractivity contribution in [3.63, 3.8) is 0 Å². The second-order valence-corrected chi connectivity index (χ2v) is 15.7. The number of hydrogen-bond acceptors (Lipinski definition) is 16. The van der Waals surface area contributed by atoms with Gasteiger partial charge in [-0.3, -0.25) is 14.4 Å². The molecule has 2 aliphatic heterocycles. The maximum atomic E-state index is 13.6. The molecule has 326 valence electrons. The van der Waals surface area contributed by atoms with Gasteiger partial charge in [-0.05, 0) is 91.3 Å². The number of benzene rings is 2. The molecule has 0 aliphatic carbocycles. The van der Waals surface area contributed by atoms with Gasteiger partial charge in [0.05, 0.1) is 36.3 Å². The molecule has 26 heteroatoms. The molecule has 0 N–H and O–H groups in total. The van der Waals surface area contributed by atoms with E-state index in [4.69, 9.17) is 31.7 Å². The third-order valence-corrected chi connectivity index (χ3v) is 10.6. The monoisotopic (exact) mass is 964 g/mol. The van der Waals surface area contributed by atoms with E-state index in [2.05, 4.69) is 19.1 Å². The van der Waals surface area contributed by atoms with Crippen LogP contribution in [-0.4, -0.2) is 93.1 Å². The Bertz CT molecular complexity index is 2020. The second kappa shape index (κ2) is 30.1. The predicted octanol–water partition coefficient (Wildman–Crippen LogP) is -1.39. The number of hydrogen-bond donors (Lipinski definition) is 0. The summed E-state index contributed by atoms with van der Waals surface area (Å²) in [5, 5.41) is 15.8. The summed E-state index contributed by atoms with van der Waals surface area (Å²) in [7, 11) is -7.97. The van der Waals surface area contributed by atoms with Gasteiger partial charge < -0.3 is 30.5 Å². The molecule has 19 nitrogen and oxygen atoms in total. The van der Waals surface area contributed by atoms with Crippen LogP contribution < -0.4 is 112 Å². The van der Waals surface area contributed by atoms with Crippen LogP contribution in [0.1, 0.15) is 90.0 Å². The van der Waals surface area contributed by atoms with E-state index in [1.165, 1.54) is 33.8 Å². The fraction of sp³-hybridized carbons (Fsp3) is 0.471. The first-order valence-corrected chi connectivity index (χ1v) is 20.2. The number of anilines is 1. The molecule has 0 radical (unpaired) electrons. The van der Waals surface area contributed by atoms with Crippen LogP contribution >= 0.6 is 11.6 Å². The van der Waals surface area contributed by atoms with E-state index in [1.807, 2.05) is 0 Å². The zero-order valence-electron chi connectivity index (χ0n) is 35.8. The van der Waals surface area contributed by atoms with Crippen LogP contribution in [0.25, 0.3) is 0 Å². The zero-order chi connectivity index (χ0) is 45.1. The molecule has 2 amide bonds. The van der Waals surface area contributed by atoms with Crippen molar-refractivity contribution in [2.45, 2.75) is 91.9 Å². The third-order valence-electron chi connectivity index (χ3n) is 6.62. The van der Waals surface area contributed by atoms with Crippen molar-refractivity contribution in [2.24, 2.45) is 0 Å². The fourth-order valence-electron chi connectivity index (χ4n) is 4.76. The summed E-state index contributed by atoms with van der Waals surface area (Å²) in [5.74, 6) is -2.98. The molecule has 2 aromatic carbocycles. The zero-order valence-corrected chi connectivity index (χ0v) is 43.5. The smallest absolute Gasteiger partial charge is 1.00 e. The van der Waals surface area contributed by atoms with Gasteiger partial charge >= 0.3 is 125 Å². The van der Waals surface area contributed by atoms with Crippen molar-refractivity contribution >= 4 is 68.1 Å². The van der Waals surface area contributed by atoms with Crippen LogP contribution in [0, 0.1) is 23.0 Å². The molecule has 2 atom stereocenters. The number of halogens is 3. The molecule has 2 aliphatic rings. The Balaban J connectivity index is -0.000000391. The first-order valence-electron chi connectivity index (χ1n) is 16.8. The van der Waals surface area contributed by atoms with E-state index in [0.29, 0.717) is 16.5 Å². The van der Waals surface area contributed by atoms with Crippen molar-refractivity contribution < 1.29 is 183 Å². The Hall–Kier alpha value is -2.04. The van der Waals surface area contributed by atoms with E-state index in [1.54, 1.807) is 40.7 Å². The normalized spacial score (nSPS) is 14.7. The van der Waals surface area contributed by atoms with Gasteiger partial charge in [0.1, 0.15) is 11.6 Å². The van der Waals surface area contributed by atoms with Crippen LogP contribution in [0.2, 0.25) is 0 Å². The Kier molecular flexibility index (Phi) is 31.3. The summed E-state index contributed by atoms with van der Waals surface area (Å²) < 4.78 is 96.9. The van der Waals surface area contributed by atoms with Gasteiger partial charge in [-0.25, -0.2) is 39.7 Å². The second-order valence-electron chi connectivity index (χ2n) is 11.6. The molecule has 60 heavy (non-hydrogen) atoms. The number of alkyl halides is 1. The summed E-state index contributed by atoms with van der Waals surface area (Å²) in [6.07, 6.45) is -3.08. The number of nitrogens with zero attached hydrogens (tertiary/aromatic N) is 4. The molecule has 2 heterocycles. The number of rotatable bonds is 8. The SMILES string of the molecule is CC#N.CC(C)N1C(=O)c2cc(F)ccc2CS1(=O)=O.CCOC(=O)OC(C)Cl.CCOC(=O)OC(C)N1c2ccc(F)cc2C(=O)N(C(C)C)S1(=O)=O.O=CO[O-].[H-].[K+].[K+]. The Morgan fingerprint density at radius 2 is 1.27 bits per heavy atom. The van der Waals surface area contributed by atoms with Crippen molar-refractivity contribution in [1.29, 1.82) is 5.26 Å². The van der Waals surface area contributed by atoms with Crippen molar-refractivity contribution in [1.82, 2.24) is 8.61 Å². The van der Waals surface area contributed by atoms with Crippen LogP contribution in [0.15, 0.2) is 36.4 Å². The largest absolute Gasteiger partial charge is 1.00 e. The summed E-state index contributed by atoms with van der Waals surface area (Å²) in [6.45, 7) is 14.0. The average molecular weight is 966 g/mol. The maximum absolute atomic E-state index is 13.6. The molecule has 0 saturated heterocycles. The molecule has 0 spiro atoms. The Labute approximate surface area is 439 Å². The average Bonchev–Trinajstić information content (AvgIpc) is 3.09. The van der Waals surface area contributed by atoms with Crippen molar-refractivity contribution in [3.05, 3.63) is 64.7 Å². The first-order chi connectivity index (χ1) is 26.9. The number of amides is 2. The quantitative estimate of drug-likeness (QED) is 0.0737. The molecule has 0 aromatic heterocycles. The van der Waals surface area contributed by atoms with Gasteiger partial charge in [0.2, 0.25) is 10.0 Å². The minimum atomic E-state index is -4.34. The van der Waals surface area contributed by atoms with E-state index in [0.717, 1.165) is 38.9 Å². The van der Waals surface area contributed by atoms with E-state index in [-0.39, 0.29) is 140 Å². The molecule has 0 fully saturated rings. The third kappa shape index (κ3) is 19.1. The predicted molar refractivity (Wildman–Crippen MR) is 200 cm³/mol. The molecule has 0 bridgehead atoms. The van der Waals surface area contributed by atoms with Crippen LogP contribution in [0.4, 0.5) is 24.1 Å². The number of carbonyl (C=O) groups excluding carboxylic acids is 5. The van der Waals surface area contributed by atoms with Crippen molar-refractivity contribution in [3.8, 4) is 6.07 Å². The van der Waals surface area contributed by atoms with Gasteiger partial charge in [0.15, 0.2) is 11.8 Å². The molecule has 4 rings (SSSR count). The number of fused-ring (bicyclic) bond motifs is 2. The van der Waals surface area contributed by atoms with Crippen LogP contribution in [-0.2, 0) is 54.6 Å². The van der Waals surface area contributed by atoms with Gasteiger partial charge in [0, 0.05) is 24.6 Å². The van der Waals surface area contributed by atoms with Gasteiger partial charge in [-0.15, -0.1) is 0 Å². The summed E-state index contributed by atoms with van der Waals surface area (Å²) in [4.78, 5) is 57.7. The van der Waals surface area contributed by atoms with Crippen LogP contribution in [0.3, 0.4) is 0 Å².